The zero-order valence-electron chi connectivity index (χ0n) is 15.9. The Labute approximate surface area is 170 Å². The highest BCUT2D eigenvalue weighted by molar-refractivity contribution is 5.76. The molecule has 4 aromatic rings. The molecule has 0 atom stereocenters. The van der Waals surface area contributed by atoms with Crippen molar-refractivity contribution in [2.45, 2.75) is 19.5 Å². The first-order valence-corrected chi connectivity index (χ1v) is 9.32. The minimum Gasteiger partial charge on any atom is -0.439 e. The summed E-state index contributed by atoms with van der Waals surface area (Å²) in [5.41, 5.74) is 1.93. The Morgan fingerprint density at radius 2 is 2.00 bits per heavy atom. The molecule has 8 heteroatoms. The van der Waals surface area contributed by atoms with Gasteiger partial charge in [0, 0.05) is 37.8 Å². The standard InChI is InChI=1S/C22H18FN3O4/c23-16-4-3-5-17(12-16)29-21-9-8-15(14-25-21)13-24-20(27)10-11-26-18-6-1-2-7-19(18)30-22(26)28/h1-9,12,14H,10-11,13H2,(H,24,27). The molecule has 1 amide bonds. The molecule has 0 saturated heterocycles. The van der Waals surface area contributed by atoms with Gasteiger partial charge in [-0.05, 0) is 29.8 Å². The van der Waals surface area contributed by atoms with E-state index in [-0.39, 0.29) is 25.4 Å². The molecule has 7 nitrogen and oxygen atoms in total. The summed E-state index contributed by atoms with van der Waals surface area (Å²) in [6.07, 6.45) is 1.71. The number of benzene rings is 2. The summed E-state index contributed by atoms with van der Waals surface area (Å²) in [5.74, 6) is -0.403. The molecule has 4 rings (SSSR count). The van der Waals surface area contributed by atoms with Crippen LogP contribution in [0.5, 0.6) is 11.6 Å². The summed E-state index contributed by atoms with van der Waals surface area (Å²) in [5, 5.41) is 2.79. The fourth-order valence-corrected chi connectivity index (χ4v) is 2.96. The van der Waals surface area contributed by atoms with Crippen molar-refractivity contribution in [3.63, 3.8) is 0 Å². The van der Waals surface area contributed by atoms with Crippen LogP contribution < -0.4 is 15.8 Å². The molecule has 0 radical (unpaired) electrons. The minimum atomic E-state index is -0.484. The maximum Gasteiger partial charge on any atom is 0.419 e. The van der Waals surface area contributed by atoms with Gasteiger partial charge in [0.05, 0.1) is 5.52 Å². The number of carbonyl (C=O) groups excluding carboxylic acids is 1. The number of carbonyl (C=O) groups is 1. The van der Waals surface area contributed by atoms with Crippen molar-refractivity contribution in [1.82, 2.24) is 14.9 Å². The number of hydrogen-bond acceptors (Lipinski definition) is 5. The Balaban J connectivity index is 1.29. The highest BCUT2D eigenvalue weighted by atomic mass is 19.1. The second-order valence-electron chi connectivity index (χ2n) is 6.58. The molecule has 1 N–H and O–H groups in total. The van der Waals surface area contributed by atoms with Crippen molar-refractivity contribution in [3.8, 4) is 11.6 Å². The molecule has 30 heavy (non-hydrogen) atoms. The maximum atomic E-state index is 13.2. The van der Waals surface area contributed by atoms with E-state index in [0.717, 1.165) is 5.56 Å². The number of hydrogen-bond donors (Lipinski definition) is 1. The third kappa shape index (κ3) is 4.54. The predicted molar refractivity (Wildman–Crippen MR) is 108 cm³/mol. The first-order chi connectivity index (χ1) is 14.6. The molecule has 2 heterocycles. The van der Waals surface area contributed by atoms with Crippen molar-refractivity contribution in [2.24, 2.45) is 0 Å². The van der Waals surface area contributed by atoms with Crippen LogP contribution in [0.4, 0.5) is 4.39 Å². The van der Waals surface area contributed by atoms with Crippen LogP contribution in [-0.4, -0.2) is 15.5 Å². The third-order valence-corrected chi connectivity index (χ3v) is 4.44. The van der Waals surface area contributed by atoms with E-state index >= 15 is 0 Å². The molecule has 0 saturated carbocycles. The molecule has 0 aliphatic heterocycles. The van der Waals surface area contributed by atoms with Crippen LogP contribution in [0.15, 0.2) is 76.1 Å². The Kier molecular flexibility index (Phi) is 5.56. The van der Waals surface area contributed by atoms with Crippen molar-refractivity contribution in [1.29, 1.82) is 0 Å². The van der Waals surface area contributed by atoms with Gasteiger partial charge in [-0.2, -0.15) is 0 Å². The van der Waals surface area contributed by atoms with Gasteiger partial charge in [0.1, 0.15) is 11.6 Å². The Hall–Kier alpha value is -3.94. The van der Waals surface area contributed by atoms with Gasteiger partial charge in [0.2, 0.25) is 11.8 Å². The van der Waals surface area contributed by atoms with E-state index in [9.17, 15) is 14.0 Å². The minimum absolute atomic E-state index is 0.137. The fraction of sp³-hybridized carbons (Fsp3) is 0.136. The van der Waals surface area contributed by atoms with Gasteiger partial charge in [0.25, 0.3) is 0 Å². The number of ether oxygens (including phenoxy) is 1. The lowest BCUT2D eigenvalue weighted by Gasteiger charge is -2.07. The highest BCUT2D eigenvalue weighted by Gasteiger charge is 2.10. The molecule has 2 aromatic heterocycles. The molecule has 0 unspecified atom stereocenters. The molecule has 0 bridgehead atoms. The number of amides is 1. The van der Waals surface area contributed by atoms with Crippen LogP contribution in [0.2, 0.25) is 0 Å². The topological polar surface area (TPSA) is 86.4 Å². The summed E-state index contributed by atoms with van der Waals surface area (Å²) in [6, 6.07) is 16.3. The molecule has 152 valence electrons. The summed E-state index contributed by atoms with van der Waals surface area (Å²) in [6.45, 7) is 0.507. The van der Waals surface area contributed by atoms with E-state index in [2.05, 4.69) is 10.3 Å². The molecule has 0 spiro atoms. The summed E-state index contributed by atoms with van der Waals surface area (Å²) in [4.78, 5) is 28.3. The van der Waals surface area contributed by atoms with Crippen LogP contribution in [0.1, 0.15) is 12.0 Å². The van der Waals surface area contributed by atoms with Crippen molar-refractivity contribution in [3.05, 3.63) is 88.8 Å². The molecule has 2 aromatic carbocycles. The van der Waals surface area contributed by atoms with E-state index in [4.69, 9.17) is 9.15 Å². The normalized spacial score (nSPS) is 10.8. The van der Waals surface area contributed by atoms with Crippen molar-refractivity contribution < 1.29 is 18.3 Å². The second-order valence-corrected chi connectivity index (χ2v) is 6.58. The first kappa shape index (κ1) is 19.4. The number of oxazole rings is 1. The molecular weight excluding hydrogens is 389 g/mol. The van der Waals surface area contributed by atoms with Gasteiger partial charge in [-0.15, -0.1) is 0 Å². The predicted octanol–water partition coefficient (Wildman–Crippen LogP) is 3.63. The van der Waals surface area contributed by atoms with E-state index < -0.39 is 11.6 Å². The van der Waals surface area contributed by atoms with E-state index in [1.54, 1.807) is 48.7 Å². The van der Waals surface area contributed by atoms with Gasteiger partial charge in [0.15, 0.2) is 5.58 Å². The zero-order valence-corrected chi connectivity index (χ0v) is 15.9. The SMILES string of the molecule is O=C(CCn1c(=O)oc2ccccc21)NCc1ccc(Oc2cccc(F)c2)nc1. The van der Waals surface area contributed by atoms with Crippen LogP contribution in [0.25, 0.3) is 11.1 Å². The summed E-state index contributed by atoms with van der Waals surface area (Å²) < 4.78 is 25.3. The number of aryl methyl sites for hydroxylation is 1. The van der Waals surface area contributed by atoms with E-state index in [1.165, 1.54) is 16.7 Å². The Bertz CT molecular complexity index is 1230. The fourth-order valence-electron chi connectivity index (χ4n) is 2.96. The molecule has 0 fully saturated rings. The molecule has 0 aliphatic rings. The first-order valence-electron chi connectivity index (χ1n) is 9.32. The van der Waals surface area contributed by atoms with Gasteiger partial charge in [-0.3, -0.25) is 9.36 Å². The number of nitrogens with one attached hydrogen (secondary N) is 1. The second kappa shape index (κ2) is 8.60. The van der Waals surface area contributed by atoms with Crippen molar-refractivity contribution in [2.75, 3.05) is 0 Å². The number of fused-ring (bicyclic) bond motifs is 1. The number of nitrogens with zero attached hydrogens (tertiary/aromatic N) is 2. The average Bonchev–Trinajstić information content (AvgIpc) is 3.07. The summed E-state index contributed by atoms with van der Waals surface area (Å²) in [7, 11) is 0. The average molecular weight is 407 g/mol. The largest absolute Gasteiger partial charge is 0.439 e. The quantitative estimate of drug-likeness (QED) is 0.506. The number of halogens is 1. The summed E-state index contributed by atoms with van der Waals surface area (Å²) >= 11 is 0. The number of aromatic nitrogens is 2. The van der Waals surface area contributed by atoms with Gasteiger partial charge < -0.3 is 14.5 Å². The Morgan fingerprint density at radius 1 is 1.13 bits per heavy atom. The molecule has 0 aliphatic carbocycles. The van der Waals surface area contributed by atoms with E-state index in [1.807, 2.05) is 6.07 Å². The number of para-hydroxylation sites is 2. The Morgan fingerprint density at radius 3 is 2.80 bits per heavy atom. The number of pyridine rings is 1. The van der Waals surface area contributed by atoms with Crippen LogP contribution in [-0.2, 0) is 17.9 Å². The lowest BCUT2D eigenvalue weighted by atomic mass is 10.2. The zero-order chi connectivity index (χ0) is 20.9. The molecular formula is C22H18FN3O4. The van der Waals surface area contributed by atoms with Gasteiger partial charge >= 0.3 is 5.76 Å². The lowest BCUT2D eigenvalue weighted by Crippen LogP contribution is -2.25. The smallest absolute Gasteiger partial charge is 0.419 e. The van der Waals surface area contributed by atoms with Gasteiger partial charge in [-0.1, -0.05) is 24.3 Å². The van der Waals surface area contributed by atoms with Gasteiger partial charge in [-0.25, -0.2) is 14.2 Å². The third-order valence-electron chi connectivity index (χ3n) is 4.44. The van der Waals surface area contributed by atoms with Crippen LogP contribution in [0.3, 0.4) is 0 Å². The van der Waals surface area contributed by atoms with Crippen LogP contribution >= 0.6 is 0 Å². The lowest BCUT2D eigenvalue weighted by molar-refractivity contribution is -0.121. The highest BCUT2D eigenvalue weighted by Crippen LogP contribution is 2.20. The number of rotatable bonds is 7. The monoisotopic (exact) mass is 407 g/mol. The van der Waals surface area contributed by atoms with Crippen molar-refractivity contribution >= 4 is 17.0 Å². The maximum absolute atomic E-state index is 13.2. The van der Waals surface area contributed by atoms with Crippen LogP contribution in [0, 0.1) is 5.82 Å². The van der Waals surface area contributed by atoms with E-state index in [0.29, 0.717) is 22.7 Å².